The molecule has 0 saturated carbocycles. The number of para-hydroxylation sites is 1. The largest absolute Gasteiger partial charge is 0.385 e. The molecule has 4 nitrogen and oxygen atoms in total. The Labute approximate surface area is 120 Å². The first kappa shape index (κ1) is 14.9. The van der Waals surface area contributed by atoms with Gasteiger partial charge >= 0.3 is 0 Å². The van der Waals surface area contributed by atoms with Crippen LogP contribution in [0.3, 0.4) is 0 Å². The summed E-state index contributed by atoms with van der Waals surface area (Å²) in [7, 11) is 1.70. The van der Waals surface area contributed by atoms with Gasteiger partial charge in [-0.15, -0.1) is 0 Å². The van der Waals surface area contributed by atoms with E-state index < -0.39 is 0 Å². The fourth-order valence-corrected chi connectivity index (χ4v) is 2.69. The lowest BCUT2D eigenvalue weighted by Crippen LogP contribution is -2.36. The van der Waals surface area contributed by atoms with Gasteiger partial charge in [-0.1, -0.05) is 18.2 Å². The Bertz CT molecular complexity index is 448. The van der Waals surface area contributed by atoms with Crippen LogP contribution in [0.4, 0.5) is 5.69 Å². The van der Waals surface area contributed by atoms with Crippen molar-refractivity contribution in [2.75, 3.05) is 25.6 Å². The molecule has 0 aromatic heterocycles. The van der Waals surface area contributed by atoms with Gasteiger partial charge in [0.2, 0.25) is 5.91 Å². The van der Waals surface area contributed by atoms with E-state index in [1.807, 2.05) is 24.3 Å². The summed E-state index contributed by atoms with van der Waals surface area (Å²) in [6.45, 7) is 3.60. The van der Waals surface area contributed by atoms with E-state index in [0.717, 1.165) is 43.7 Å². The molecular weight excluding hydrogens is 252 g/mol. The van der Waals surface area contributed by atoms with E-state index in [9.17, 15) is 4.79 Å². The lowest BCUT2D eigenvalue weighted by molar-refractivity contribution is -0.122. The Kier molecular flexibility index (Phi) is 5.41. The summed E-state index contributed by atoms with van der Waals surface area (Å²) in [6.07, 6.45) is 2.79. The van der Waals surface area contributed by atoms with E-state index in [-0.39, 0.29) is 11.8 Å². The average Bonchev–Trinajstić information content (AvgIpc) is 2.46. The van der Waals surface area contributed by atoms with Crippen molar-refractivity contribution >= 4 is 11.6 Å². The standard InChI is InChI=1S/C16H24N2O2/c1-12-11-14(13-7-3-4-8-15(13)18-12)16(19)17-9-5-6-10-20-2/h3-4,7-8,12,14,18H,5-6,9-11H2,1-2H3,(H,17,19). The van der Waals surface area contributed by atoms with Gasteiger partial charge in [-0.2, -0.15) is 0 Å². The second kappa shape index (κ2) is 7.29. The quantitative estimate of drug-likeness (QED) is 0.785. The van der Waals surface area contributed by atoms with Crippen molar-refractivity contribution in [3.05, 3.63) is 29.8 Å². The molecule has 1 aliphatic heterocycles. The Balaban J connectivity index is 1.93. The third-order valence-corrected chi connectivity index (χ3v) is 3.72. The predicted molar refractivity (Wildman–Crippen MR) is 81.0 cm³/mol. The predicted octanol–water partition coefficient (Wildman–Crippen LogP) is 2.52. The number of carbonyl (C=O) groups is 1. The molecule has 1 aromatic rings. The third kappa shape index (κ3) is 3.73. The van der Waals surface area contributed by atoms with E-state index >= 15 is 0 Å². The summed E-state index contributed by atoms with van der Waals surface area (Å²) in [6, 6.07) is 8.42. The number of hydrogen-bond donors (Lipinski definition) is 2. The van der Waals surface area contributed by atoms with E-state index in [1.54, 1.807) is 7.11 Å². The maximum Gasteiger partial charge on any atom is 0.227 e. The normalized spacial score (nSPS) is 20.9. The topological polar surface area (TPSA) is 50.4 Å². The zero-order valence-electron chi connectivity index (χ0n) is 12.3. The van der Waals surface area contributed by atoms with Crippen LogP contribution in [0.2, 0.25) is 0 Å². The second-order valence-electron chi connectivity index (χ2n) is 5.41. The lowest BCUT2D eigenvalue weighted by atomic mass is 9.87. The highest BCUT2D eigenvalue weighted by atomic mass is 16.5. The van der Waals surface area contributed by atoms with Crippen LogP contribution >= 0.6 is 0 Å². The number of anilines is 1. The van der Waals surface area contributed by atoms with Crippen LogP contribution in [0.15, 0.2) is 24.3 Å². The van der Waals surface area contributed by atoms with Crippen LogP contribution in [-0.2, 0) is 9.53 Å². The molecule has 2 atom stereocenters. The van der Waals surface area contributed by atoms with Crippen LogP contribution in [-0.4, -0.2) is 32.2 Å². The number of rotatable bonds is 6. The highest BCUT2D eigenvalue weighted by molar-refractivity contribution is 5.86. The molecule has 1 aliphatic rings. The van der Waals surface area contributed by atoms with Crippen LogP contribution in [0.5, 0.6) is 0 Å². The van der Waals surface area contributed by atoms with Gasteiger partial charge < -0.3 is 15.4 Å². The van der Waals surface area contributed by atoms with Crippen LogP contribution in [0.1, 0.15) is 37.7 Å². The maximum atomic E-state index is 12.4. The Morgan fingerprint density at radius 2 is 2.20 bits per heavy atom. The van der Waals surface area contributed by atoms with Crippen LogP contribution in [0, 0.1) is 0 Å². The minimum Gasteiger partial charge on any atom is -0.385 e. The molecule has 1 amide bonds. The molecule has 2 unspecified atom stereocenters. The molecule has 0 aliphatic carbocycles. The van der Waals surface area contributed by atoms with E-state index in [0.29, 0.717) is 6.04 Å². The van der Waals surface area contributed by atoms with Crippen molar-refractivity contribution in [2.45, 2.75) is 38.1 Å². The SMILES string of the molecule is COCCCCNC(=O)C1CC(C)Nc2ccccc21. The van der Waals surface area contributed by atoms with Crippen molar-refractivity contribution < 1.29 is 9.53 Å². The third-order valence-electron chi connectivity index (χ3n) is 3.72. The molecule has 0 saturated heterocycles. The molecule has 0 spiro atoms. The van der Waals surface area contributed by atoms with Crippen molar-refractivity contribution in [3.63, 3.8) is 0 Å². The number of fused-ring (bicyclic) bond motifs is 1. The van der Waals surface area contributed by atoms with Gasteiger partial charge in [0.05, 0.1) is 5.92 Å². The molecular formula is C16H24N2O2. The number of benzene rings is 1. The Morgan fingerprint density at radius 1 is 1.40 bits per heavy atom. The number of methoxy groups -OCH3 is 1. The van der Waals surface area contributed by atoms with Gasteiger partial charge in [0.1, 0.15) is 0 Å². The minimum absolute atomic E-state index is 0.0372. The molecule has 110 valence electrons. The van der Waals surface area contributed by atoms with Gasteiger partial charge in [0, 0.05) is 32.0 Å². The summed E-state index contributed by atoms with van der Waals surface area (Å²) in [5.41, 5.74) is 2.20. The molecule has 0 radical (unpaired) electrons. The molecule has 0 fully saturated rings. The molecule has 1 aromatic carbocycles. The van der Waals surface area contributed by atoms with Crippen LogP contribution < -0.4 is 10.6 Å². The average molecular weight is 276 g/mol. The molecule has 1 heterocycles. The second-order valence-corrected chi connectivity index (χ2v) is 5.41. The highest BCUT2D eigenvalue weighted by Gasteiger charge is 2.28. The van der Waals surface area contributed by atoms with Crippen molar-refractivity contribution in [2.24, 2.45) is 0 Å². The highest BCUT2D eigenvalue weighted by Crippen LogP contribution is 2.33. The summed E-state index contributed by atoms with van der Waals surface area (Å²) in [4.78, 5) is 12.4. The van der Waals surface area contributed by atoms with Gasteiger partial charge in [-0.05, 0) is 37.8 Å². The number of amides is 1. The number of unbranched alkanes of at least 4 members (excludes halogenated alkanes) is 1. The number of ether oxygens (including phenoxy) is 1. The van der Waals surface area contributed by atoms with Gasteiger partial charge in [0.25, 0.3) is 0 Å². The van der Waals surface area contributed by atoms with Gasteiger partial charge in [0.15, 0.2) is 0 Å². The molecule has 2 rings (SSSR count). The first-order chi connectivity index (χ1) is 9.72. The monoisotopic (exact) mass is 276 g/mol. The molecule has 20 heavy (non-hydrogen) atoms. The van der Waals surface area contributed by atoms with Crippen LogP contribution in [0.25, 0.3) is 0 Å². The maximum absolute atomic E-state index is 12.4. The van der Waals surface area contributed by atoms with Crippen molar-refractivity contribution in [3.8, 4) is 0 Å². The summed E-state index contributed by atoms with van der Waals surface area (Å²) in [5.74, 6) is 0.105. The summed E-state index contributed by atoms with van der Waals surface area (Å²) < 4.78 is 5.00. The summed E-state index contributed by atoms with van der Waals surface area (Å²) in [5, 5.41) is 6.48. The zero-order valence-corrected chi connectivity index (χ0v) is 12.3. The minimum atomic E-state index is -0.0372. The van der Waals surface area contributed by atoms with Gasteiger partial charge in [-0.3, -0.25) is 4.79 Å². The van der Waals surface area contributed by atoms with Crippen molar-refractivity contribution in [1.82, 2.24) is 5.32 Å². The fraction of sp³-hybridized carbons (Fsp3) is 0.562. The van der Waals surface area contributed by atoms with Gasteiger partial charge in [-0.25, -0.2) is 0 Å². The zero-order chi connectivity index (χ0) is 14.4. The summed E-state index contributed by atoms with van der Waals surface area (Å²) >= 11 is 0. The smallest absolute Gasteiger partial charge is 0.227 e. The molecule has 0 bridgehead atoms. The van der Waals surface area contributed by atoms with E-state index in [2.05, 4.69) is 17.6 Å². The lowest BCUT2D eigenvalue weighted by Gasteiger charge is -2.30. The Morgan fingerprint density at radius 3 is 3.00 bits per heavy atom. The number of nitrogens with one attached hydrogen (secondary N) is 2. The van der Waals surface area contributed by atoms with E-state index in [1.165, 1.54) is 0 Å². The molecule has 2 N–H and O–H groups in total. The first-order valence-corrected chi connectivity index (χ1v) is 7.34. The first-order valence-electron chi connectivity index (χ1n) is 7.34. The fourth-order valence-electron chi connectivity index (χ4n) is 2.69. The number of hydrogen-bond acceptors (Lipinski definition) is 3. The molecule has 4 heteroatoms. The van der Waals surface area contributed by atoms with Crippen molar-refractivity contribution in [1.29, 1.82) is 0 Å². The number of carbonyl (C=O) groups excluding carboxylic acids is 1. The Hall–Kier alpha value is -1.55. The van der Waals surface area contributed by atoms with E-state index in [4.69, 9.17) is 4.74 Å².